The number of para-hydroxylation sites is 1. The van der Waals surface area contributed by atoms with Gasteiger partial charge in [0.05, 0.1) is 16.5 Å². The minimum absolute atomic E-state index is 0.0765. The van der Waals surface area contributed by atoms with Crippen molar-refractivity contribution in [1.29, 1.82) is 0 Å². The van der Waals surface area contributed by atoms with Crippen LogP contribution in [0.4, 0.5) is 11.5 Å². The van der Waals surface area contributed by atoms with E-state index in [9.17, 15) is 18.0 Å². The lowest BCUT2D eigenvalue weighted by molar-refractivity contribution is -0.127. The lowest BCUT2D eigenvalue weighted by Crippen LogP contribution is -2.48. The molecule has 1 fully saturated rings. The Hall–Kier alpha value is -3.18. The Kier molecular flexibility index (Phi) is 9.13. The Labute approximate surface area is 249 Å². The van der Waals surface area contributed by atoms with Gasteiger partial charge in [-0.25, -0.2) is 13.4 Å². The molecule has 1 saturated heterocycles. The minimum atomic E-state index is -4.31. The molecule has 9 nitrogen and oxygen atoms in total. The van der Waals surface area contributed by atoms with Crippen LogP contribution in [-0.2, 0) is 26.2 Å². The average Bonchev–Trinajstić information content (AvgIpc) is 3.11. The molecule has 216 valence electrons. The molecule has 0 bridgehead atoms. The number of carbonyl (C=O) groups excluding carboxylic acids is 2. The number of benzene rings is 2. The lowest BCUT2D eigenvalue weighted by Gasteiger charge is -2.32. The molecule has 1 unspecified atom stereocenters. The summed E-state index contributed by atoms with van der Waals surface area (Å²) in [6.45, 7) is 2.12. The molecule has 3 heterocycles. The maximum atomic E-state index is 13.9. The molecule has 0 radical (unpaired) electrons. The summed E-state index contributed by atoms with van der Waals surface area (Å²) in [5, 5.41) is 5.63. The van der Waals surface area contributed by atoms with Gasteiger partial charge in [0.15, 0.2) is 0 Å². The topological polar surface area (TPSA) is 112 Å². The first-order valence-corrected chi connectivity index (χ1v) is 15.7. The Bertz CT molecular complexity index is 1510. The summed E-state index contributed by atoms with van der Waals surface area (Å²) in [5.41, 5.74) is 1.09. The lowest BCUT2D eigenvalue weighted by atomic mass is 9.93. The summed E-state index contributed by atoms with van der Waals surface area (Å²) < 4.78 is 28.8. The molecule has 1 atom stereocenters. The summed E-state index contributed by atoms with van der Waals surface area (Å²) >= 11 is 12.4. The summed E-state index contributed by atoms with van der Waals surface area (Å²) in [6.07, 6.45) is 4.23. The maximum absolute atomic E-state index is 13.9. The molecular weight excluding hydrogens is 585 g/mol. The van der Waals surface area contributed by atoms with Crippen LogP contribution in [0.1, 0.15) is 31.2 Å². The zero-order chi connectivity index (χ0) is 29.0. The predicted molar refractivity (Wildman–Crippen MR) is 159 cm³/mol. The molecule has 0 spiro atoms. The van der Waals surface area contributed by atoms with E-state index in [1.54, 1.807) is 30.5 Å². The van der Waals surface area contributed by atoms with Crippen molar-refractivity contribution in [2.75, 3.05) is 29.9 Å². The number of nitrogens with one attached hydrogen (secondary N) is 2. The van der Waals surface area contributed by atoms with E-state index in [-0.39, 0.29) is 27.9 Å². The van der Waals surface area contributed by atoms with E-state index >= 15 is 0 Å². The summed E-state index contributed by atoms with van der Waals surface area (Å²) in [5.74, 6) is 0.433. The van der Waals surface area contributed by atoms with Crippen molar-refractivity contribution in [1.82, 2.24) is 14.6 Å². The van der Waals surface area contributed by atoms with Gasteiger partial charge in [0.1, 0.15) is 16.8 Å². The van der Waals surface area contributed by atoms with E-state index in [0.717, 1.165) is 42.5 Å². The average molecular weight is 617 g/mol. The Morgan fingerprint density at radius 2 is 1.78 bits per heavy atom. The smallest absolute Gasteiger partial charge is 0.245 e. The fourth-order valence-electron chi connectivity index (χ4n) is 5.32. The van der Waals surface area contributed by atoms with Gasteiger partial charge in [0.25, 0.3) is 0 Å². The molecule has 2 N–H and O–H groups in total. The van der Waals surface area contributed by atoms with Crippen LogP contribution < -0.4 is 15.5 Å². The highest BCUT2D eigenvalue weighted by molar-refractivity contribution is 7.89. The molecule has 5 rings (SSSR count). The second kappa shape index (κ2) is 12.8. The number of rotatable bonds is 8. The van der Waals surface area contributed by atoms with Crippen LogP contribution in [-0.4, -0.2) is 55.2 Å². The first-order valence-electron chi connectivity index (χ1n) is 13.5. The van der Waals surface area contributed by atoms with Crippen molar-refractivity contribution in [3.05, 3.63) is 82.5 Å². The quantitative estimate of drug-likeness (QED) is 0.379. The molecule has 3 aromatic rings. The third-order valence-electron chi connectivity index (χ3n) is 7.60. The number of carbonyl (C=O) groups is 2. The molecule has 2 aromatic carbocycles. The minimum Gasteiger partial charge on any atom is -0.357 e. The number of hydrogen-bond donors (Lipinski definition) is 2. The molecule has 2 amide bonds. The molecule has 0 saturated carbocycles. The van der Waals surface area contributed by atoms with Gasteiger partial charge in [-0.2, -0.15) is 4.31 Å². The summed E-state index contributed by atoms with van der Waals surface area (Å²) in [4.78, 5) is 32.9. The fraction of sp³-hybridized carbons (Fsp3) is 0.345. The maximum Gasteiger partial charge on any atom is 0.245 e. The Morgan fingerprint density at radius 1 is 1.02 bits per heavy atom. The van der Waals surface area contributed by atoms with E-state index < -0.39 is 27.9 Å². The molecule has 12 heteroatoms. The number of nitrogens with zero attached hydrogens (tertiary/aromatic N) is 3. The second-order valence-electron chi connectivity index (χ2n) is 10.2. The number of aromatic nitrogens is 1. The van der Waals surface area contributed by atoms with Gasteiger partial charge in [-0.05, 0) is 61.1 Å². The van der Waals surface area contributed by atoms with Crippen LogP contribution in [0.15, 0.2) is 71.8 Å². The van der Waals surface area contributed by atoms with Gasteiger partial charge in [0.2, 0.25) is 21.8 Å². The van der Waals surface area contributed by atoms with Gasteiger partial charge in [-0.15, -0.1) is 0 Å². The molecule has 0 aliphatic carbocycles. The molecular formula is C29H31Cl2N5O4S. The zero-order valence-corrected chi connectivity index (χ0v) is 24.6. The van der Waals surface area contributed by atoms with E-state index in [4.69, 9.17) is 23.2 Å². The third kappa shape index (κ3) is 6.67. The number of pyridine rings is 1. The predicted octanol–water partition coefficient (Wildman–Crippen LogP) is 4.71. The van der Waals surface area contributed by atoms with Crippen molar-refractivity contribution in [2.45, 2.75) is 43.2 Å². The first-order chi connectivity index (χ1) is 19.7. The highest BCUT2D eigenvalue weighted by atomic mass is 35.5. The number of piperidine rings is 1. The third-order valence-corrected chi connectivity index (χ3v) is 10.4. The summed E-state index contributed by atoms with van der Waals surface area (Å²) in [7, 11) is -4.31. The van der Waals surface area contributed by atoms with Crippen LogP contribution in [0.5, 0.6) is 0 Å². The first kappa shape index (κ1) is 29.3. The van der Waals surface area contributed by atoms with Crippen LogP contribution in [0, 0.1) is 5.92 Å². The number of amides is 2. The van der Waals surface area contributed by atoms with Gasteiger partial charge in [-0.1, -0.05) is 53.5 Å². The Morgan fingerprint density at radius 3 is 2.54 bits per heavy atom. The van der Waals surface area contributed by atoms with Gasteiger partial charge < -0.3 is 15.5 Å². The van der Waals surface area contributed by atoms with Crippen molar-refractivity contribution in [3.63, 3.8) is 0 Å². The monoisotopic (exact) mass is 615 g/mol. The van der Waals surface area contributed by atoms with Crippen LogP contribution in [0.2, 0.25) is 10.0 Å². The normalized spacial score (nSPS) is 18.3. The van der Waals surface area contributed by atoms with Crippen LogP contribution in [0.3, 0.4) is 0 Å². The highest BCUT2D eigenvalue weighted by Crippen LogP contribution is 2.35. The summed E-state index contributed by atoms with van der Waals surface area (Å²) in [6, 6.07) is 15.9. The molecule has 1 aromatic heterocycles. The van der Waals surface area contributed by atoms with Crippen LogP contribution in [0.25, 0.3) is 0 Å². The van der Waals surface area contributed by atoms with Crippen molar-refractivity contribution in [2.24, 2.45) is 5.92 Å². The van der Waals surface area contributed by atoms with Crippen molar-refractivity contribution < 1.29 is 18.0 Å². The van der Waals surface area contributed by atoms with Gasteiger partial charge in [0, 0.05) is 38.1 Å². The molecule has 41 heavy (non-hydrogen) atoms. The number of halogens is 2. The van der Waals surface area contributed by atoms with Gasteiger partial charge in [-0.3, -0.25) is 9.59 Å². The standard InChI is InChI=1S/C29H31Cl2N5O4S/c30-22-7-5-9-25(28(22)31)41(39,40)36-19-21-6-1-2-8-23(21)34-29(38)24(36)18-27(37)33-15-11-20-12-16-35(17-13-20)26-10-3-4-14-32-26/h1-10,14,20,24H,11-13,15-19H2,(H,33,37)(H,34,38). The van der Waals surface area contributed by atoms with Crippen molar-refractivity contribution >= 4 is 56.5 Å². The second-order valence-corrected chi connectivity index (χ2v) is 12.9. The van der Waals surface area contributed by atoms with E-state index in [1.165, 1.54) is 18.2 Å². The zero-order valence-electron chi connectivity index (χ0n) is 22.3. The number of sulfonamides is 1. The number of fused-ring (bicyclic) bond motifs is 1. The van der Waals surface area contributed by atoms with E-state index in [0.29, 0.717) is 23.7 Å². The number of anilines is 2. The largest absolute Gasteiger partial charge is 0.357 e. The number of hydrogen-bond acceptors (Lipinski definition) is 6. The molecule has 2 aliphatic heterocycles. The Balaban J connectivity index is 1.25. The van der Waals surface area contributed by atoms with E-state index in [1.807, 2.05) is 18.2 Å². The van der Waals surface area contributed by atoms with Gasteiger partial charge >= 0.3 is 0 Å². The fourth-order valence-corrected chi connectivity index (χ4v) is 7.62. The van der Waals surface area contributed by atoms with E-state index in [2.05, 4.69) is 20.5 Å². The highest BCUT2D eigenvalue weighted by Gasteiger charge is 2.41. The SMILES string of the molecule is O=C(CC1C(=O)Nc2ccccc2CN1S(=O)(=O)c1cccc(Cl)c1Cl)NCCC1CCN(c2ccccn2)CC1. The molecule has 2 aliphatic rings. The van der Waals surface area contributed by atoms with Crippen LogP contribution >= 0.6 is 23.2 Å². The van der Waals surface area contributed by atoms with Crippen molar-refractivity contribution in [3.8, 4) is 0 Å².